The molecule has 0 aliphatic heterocycles. The predicted octanol–water partition coefficient (Wildman–Crippen LogP) is 1.91. The molecule has 102 valence electrons. The van der Waals surface area contributed by atoms with Gasteiger partial charge in [-0.25, -0.2) is 9.97 Å². The lowest BCUT2D eigenvalue weighted by molar-refractivity contribution is 0.415. The van der Waals surface area contributed by atoms with E-state index < -0.39 is 0 Å². The van der Waals surface area contributed by atoms with Gasteiger partial charge in [0, 0.05) is 24.2 Å². The highest BCUT2D eigenvalue weighted by molar-refractivity contribution is 5.64. The molecular formula is C15H16N4O. The number of aromatic nitrogens is 3. The molecule has 20 heavy (non-hydrogen) atoms. The third kappa shape index (κ3) is 2.35. The molecular weight excluding hydrogens is 252 g/mol. The zero-order valence-electron chi connectivity index (χ0n) is 11.3. The predicted molar refractivity (Wildman–Crippen MR) is 77.7 cm³/mol. The molecule has 0 saturated carbocycles. The Hall–Kier alpha value is -2.40. The minimum absolute atomic E-state index is 0.600. The van der Waals surface area contributed by atoms with Crippen molar-refractivity contribution in [3.05, 3.63) is 48.5 Å². The Labute approximate surface area is 117 Å². The second-order valence-electron chi connectivity index (χ2n) is 4.54. The SMILES string of the molecule is COc1ccc(-c2cc3nc(CCN)cn3cn2)cc1. The smallest absolute Gasteiger partial charge is 0.140 e. The average Bonchev–Trinajstić information content (AvgIpc) is 2.89. The number of fused-ring (bicyclic) bond motifs is 1. The minimum Gasteiger partial charge on any atom is -0.497 e. The standard InChI is InChI=1S/C15H16N4O/c1-20-13-4-2-11(3-5-13)14-8-15-18-12(6-7-16)9-19(15)10-17-14/h2-5,8-10H,6-7,16H2,1H3. The highest BCUT2D eigenvalue weighted by Crippen LogP contribution is 2.21. The van der Waals surface area contributed by atoms with Gasteiger partial charge in [-0.05, 0) is 30.8 Å². The normalized spacial score (nSPS) is 10.9. The summed E-state index contributed by atoms with van der Waals surface area (Å²) in [6.45, 7) is 0.600. The molecule has 0 aliphatic rings. The highest BCUT2D eigenvalue weighted by atomic mass is 16.5. The number of hydrogen-bond donors (Lipinski definition) is 1. The molecule has 0 radical (unpaired) electrons. The molecule has 0 atom stereocenters. The number of benzene rings is 1. The molecule has 2 heterocycles. The monoisotopic (exact) mass is 268 g/mol. The van der Waals surface area contributed by atoms with Gasteiger partial charge < -0.3 is 10.5 Å². The molecule has 5 heteroatoms. The first-order chi connectivity index (χ1) is 9.80. The molecule has 0 amide bonds. The Morgan fingerprint density at radius 3 is 2.75 bits per heavy atom. The first-order valence-electron chi connectivity index (χ1n) is 6.48. The highest BCUT2D eigenvalue weighted by Gasteiger charge is 2.05. The van der Waals surface area contributed by atoms with E-state index in [0.717, 1.165) is 34.8 Å². The summed E-state index contributed by atoms with van der Waals surface area (Å²) in [7, 11) is 1.66. The topological polar surface area (TPSA) is 65.4 Å². The second-order valence-corrected chi connectivity index (χ2v) is 4.54. The fraction of sp³-hybridized carbons (Fsp3) is 0.200. The van der Waals surface area contributed by atoms with Gasteiger partial charge in [-0.15, -0.1) is 0 Å². The summed E-state index contributed by atoms with van der Waals surface area (Å²) in [5.74, 6) is 0.834. The molecule has 1 aromatic carbocycles. The molecule has 3 aromatic rings. The molecule has 0 aliphatic carbocycles. The van der Waals surface area contributed by atoms with Crippen LogP contribution in [0.2, 0.25) is 0 Å². The van der Waals surface area contributed by atoms with Crippen LogP contribution in [-0.2, 0) is 6.42 Å². The Kier molecular flexibility index (Phi) is 3.35. The van der Waals surface area contributed by atoms with Crippen molar-refractivity contribution >= 4 is 5.65 Å². The maximum absolute atomic E-state index is 5.55. The first kappa shape index (κ1) is 12.6. The van der Waals surface area contributed by atoms with E-state index in [9.17, 15) is 0 Å². The van der Waals surface area contributed by atoms with Gasteiger partial charge in [0.25, 0.3) is 0 Å². The van der Waals surface area contributed by atoms with Crippen LogP contribution in [0.25, 0.3) is 16.9 Å². The van der Waals surface area contributed by atoms with Crippen LogP contribution in [0.5, 0.6) is 5.75 Å². The van der Waals surface area contributed by atoms with Gasteiger partial charge >= 0.3 is 0 Å². The van der Waals surface area contributed by atoms with Gasteiger partial charge in [-0.3, -0.25) is 4.40 Å². The van der Waals surface area contributed by atoms with Crippen LogP contribution in [0.1, 0.15) is 5.69 Å². The van der Waals surface area contributed by atoms with Crippen LogP contribution in [0.4, 0.5) is 0 Å². The van der Waals surface area contributed by atoms with Crippen molar-refractivity contribution in [2.75, 3.05) is 13.7 Å². The number of rotatable bonds is 4. The molecule has 3 rings (SSSR count). The van der Waals surface area contributed by atoms with E-state index in [0.29, 0.717) is 6.54 Å². The fourth-order valence-electron chi connectivity index (χ4n) is 2.13. The number of imidazole rings is 1. The molecule has 2 aromatic heterocycles. The molecule has 5 nitrogen and oxygen atoms in total. The van der Waals surface area contributed by atoms with Crippen LogP contribution in [0.3, 0.4) is 0 Å². The number of methoxy groups -OCH3 is 1. The maximum Gasteiger partial charge on any atom is 0.140 e. The van der Waals surface area contributed by atoms with Crippen molar-refractivity contribution in [2.24, 2.45) is 5.73 Å². The average molecular weight is 268 g/mol. The first-order valence-corrected chi connectivity index (χ1v) is 6.48. The Morgan fingerprint density at radius 1 is 1.25 bits per heavy atom. The van der Waals surface area contributed by atoms with E-state index in [1.807, 2.05) is 40.9 Å². The lowest BCUT2D eigenvalue weighted by Gasteiger charge is -2.03. The van der Waals surface area contributed by atoms with Gasteiger partial charge in [0.15, 0.2) is 0 Å². The third-order valence-corrected chi connectivity index (χ3v) is 3.18. The van der Waals surface area contributed by atoms with Gasteiger partial charge in [-0.2, -0.15) is 0 Å². The van der Waals surface area contributed by atoms with Crippen LogP contribution < -0.4 is 10.5 Å². The Morgan fingerprint density at radius 2 is 2.05 bits per heavy atom. The molecule has 0 unspecified atom stereocenters. The van der Waals surface area contributed by atoms with E-state index in [1.165, 1.54) is 0 Å². The summed E-state index contributed by atoms with van der Waals surface area (Å²) in [6, 6.07) is 9.80. The lowest BCUT2D eigenvalue weighted by Crippen LogP contribution is -2.02. The van der Waals surface area contributed by atoms with E-state index in [-0.39, 0.29) is 0 Å². The zero-order chi connectivity index (χ0) is 13.9. The van der Waals surface area contributed by atoms with Gasteiger partial charge in [0.05, 0.1) is 18.5 Å². The number of nitrogens with two attached hydrogens (primary N) is 1. The Balaban J connectivity index is 1.98. The summed E-state index contributed by atoms with van der Waals surface area (Å²) < 4.78 is 7.07. The molecule has 0 saturated heterocycles. The zero-order valence-corrected chi connectivity index (χ0v) is 11.3. The maximum atomic E-state index is 5.55. The van der Waals surface area contributed by atoms with Gasteiger partial charge in [0.2, 0.25) is 0 Å². The lowest BCUT2D eigenvalue weighted by atomic mass is 10.1. The van der Waals surface area contributed by atoms with Crippen LogP contribution >= 0.6 is 0 Å². The van der Waals surface area contributed by atoms with Crippen LogP contribution in [0, 0.1) is 0 Å². The van der Waals surface area contributed by atoms with E-state index in [1.54, 1.807) is 13.4 Å². The van der Waals surface area contributed by atoms with Crippen molar-refractivity contribution in [1.29, 1.82) is 0 Å². The van der Waals surface area contributed by atoms with Crippen molar-refractivity contribution in [2.45, 2.75) is 6.42 Å². The minimum atomic E-state index is 0.600. The largest absolute Gasteiger partial charge is 0.497 e. The summed E-state index contributed by atoms with van der Waals surface area (Å²) in [5, 5.41) is 0. The number of ether oxygens (including phenoxy) is 1. The summed E-state index contributed by atoms with van der Waals surface area (Å²) in [4.78, 5) is 9.00. The van der Waals surface area contributed by atoms with Crippen LogP contribution in [-0.4, -0.2) is 28.0 Å². The molecule has 0 spiro atoms. The third-order valence-electron chi connectivity index (χ3n) is 3.18. The van der Waals surface area contributed by atoms with Crippen molar-refractivity contribution < 1.29 is 4.74 Å². The van der Waals surface area contributed by atoms with Gasteiger partial charge in [-0.1, -0.05) is 0 Å². The summed E-state index contributed by atoms with van der Waals surface area (Å²) in [5.41, 5.74) is 9.36. The molecule has 0 fully saturated rings. The quantitative estimate of drug-likeness (QED) is 0.785. The summed E-state index contributed by atoms with van der Waals surface area (Å²) >= 11 is 0. The molecule has 0 bridgehead atoms. The van der Waals surface area contributed by atoms with Gasteiger partial charge in [0.1, 0.15) is 17.7 Å². The second kappa shape index (κ2) is 5.30. The van der Waals surface area contributed by atoms with Crippen molar-refractivity contribution in [1.82, 2.24) is 14.4 Å². The van der Waals surface area contributed by atoms with E-state index >= 15 is 0 Å². The van der Waals surface area contributed by atoms with Crippen molar-refractivity contribution in [3.8, 4) is 17.0 Å². The van der Waals surface area contributed by atoms with Crippen molar-refractivity contribution in [3.63, 3.8) is 0 Å². The number of hydrogen-bond acceptors (Lipinski definition) is 4. The fourth-order valence-corrected chi connectivity index (χ4v) is 2.13. The summed E-state index contributed by atoms with van der Waals surface area (Å²) in [6.07, 6.45) is 4.52. The van der Waals surface area contributed by atoms with E-state index in [4.69, 9.17) is 10.5 Å². The number of nitrogens with zero attached hydrogens (tertiary/aromatic N) is 3. The Bertz CT molecular complexity index is 718. The van der Waals surface area contributed by atoms with E-state index in [2.05, 4.69) is 9.97 Å². The molecule has 2 N–H and O–H groups in total. The van der Waals surface area contributed by atoms with Crippen LogP contribution in [0.15, 0.2) is 42.9 Å².